The quantitative estimate of drug-likeness (QED) is 0.397. The molecule has 12 nitrogen and oxygen atoms in total. The number of morpholine rings is 1. The average Bonchev–Trinajstić information content (AvgIpc) is 3.46. The molecule has 5 rings (SSSR count). The molecular weight excluding hydrogens is 540 g/mol. The number of aliphatic imine (C=N–C) groups is 1. The van der Waals surface area contributed by atoms with Gasteiger partial charge in [-0.15, -0.1) is 0 Å². The van der Waals surface area contributed by atoms with Crippen LogP contribution in [0.25, 0.3) is 0 Å². The number of rotatable bonds is 11. The van der Waals surface area contributed by atoms with Crippen LogP contribution in [0.15, 0.2) is 32.9 Å². The Morgan fingerprint density at radius 3 is 2.60 bits per heavy atom. The van der Waals surface area contributed by atoms with Crippen molar-refractivity contribution in [2.24, 2.45) is 10.9 Å². The molecule has 2 fully saturated rings. The second-order valence-corrected chi connectivity index (χ2v) is 11.1. The number of fused-ring (bicyclic) bond motifs is 1. The Hall–Kier alpha value is -3.64. The fourth-order valence-corrected chi connectivity index (χ4v) is 5.96. The topological polar surface area (TPSA) is 128 Å². The highest BCUT2D eigenvalue weighted by Crippen LogP contribution is 2.29. The first-order chi connectivity index (χ1) is 20.4. The van der Waals surface area contributed by atoms with Gasteiger partial charge in [-0.2, -0.15) is 0 Å². The Balaban J connectivity index is 1.41. The number of carbonyl (C=O) groups is 2. The number of ether oxygens (including phenoxy) is 2. The predicted molar refractivity (Wildman–Crippen MR) is 158 cm³/mol. The van der Waals surface area contributed by atoms with E-state index in [1.807, 2.05) is 13.0 Å². The number of aromatic nitrogens is 3. The lowest BCUT2D eigenvalue weighted by Crippen LogP contribution is -2.47. The third kappa shape index (κ3) is 6.24. The van der Waals surface area contributed by atoms with Gasteiger partial charge in [0.2, 0.25) is 11.8 Å². The smallest absolute Gasteiger partial charge is 0.332 e. The normalized spacial score (nSPS) is 17.3. The van der Waals surface area contributed by atoms with E-state index in [2.05, 4.69) is 4.98 Å². The van der Waals surface area contributed by atoms with Crippen molar-refractivity contribution in [2.75, 3.05) is 51.5 Å². The molecule has 42 heavy (non-hydrogen) atoms. The van der Waals surface area contributed by atoms with E-state index in [9.17, 15) is 19.2 Å². The summed E-state index contributed by atoms with van der Waals surface area (Å²) in [7, 11) is 1.57. The van der Waals surface area contributed by atoms with Gasteiger partial charge in [-0.3, -0.25) is 28.4 Å². The molecule has 1 saturated heterocycles. The Kier molecular flexibility index (Phi) is 9.63. The maximum Gasteiger partial charge on any atom is 0.332 e. The monoisotopic (exact) mass is 580 g/mol. The van der Waals surface area contributed by atoms with Crippen LogP contribution in [-0.2, 0) is 38.6 Å². The van der Waals surface area contributed by atoms with Gasteiger partial charge in [0.25, 0.3) is 5.56 Å². The SMILES string of the molecule is CCCn1c(=O)c2c(n(CCOC)c1=O)N=C(c1ccc(N(CCN3CCOCC3=O)C(=O)C3CCCCC3)nc1)C2. The Morgan fingerprint density at radius 1 is 1.10 bits per heavy atom. The maximum atomic E-state index is 13.7. The summed E-state index contributed by atoms with van der Waals surface area (Å²) in [4.78, 5) is 65.1. The number of hydrogen-bond donors (Lipinski definition) is 0. The van der Waals surface area contributed by atoms with Gasteiger partial charge in [-0.1, -0.05) is 26.2 Å². The minimum Gasteiger partial charge on any atom is -0.383 e. The number of pyridine rings is 1. The van der Waals surface area contributed by atoms with E-state index >= 15 is 0 Å². The maximum absolute atomic E-state index is 13.7. The Bertz CT molecular complexity index is 1440. The summed E-state index contributed by atoms with van der Waals surface area (Å²) in [6, 6.07) is 3.66. The highest BCUT2D eigenvalue weighted by Gasteiger charge is 2.30. The molecule has 226 valence electrons. The van der Waals surface area contributed by atoms with Gasteiger partial charge in [0.05, 0.1) is 31.0 Å². The summed E-state index contributed by atoms with van der Waals surface area (Å²) < 4.78 is 13.2. The van der Waals surface area contributed by atoms with Crippen LogP contribution in [0.2, 0.25) is 0 Å². The fourth-order valence-electron chi connectivity index (χ4n) is 5.96. The van der Waals surface area contributed by atoms with Crippen LogP contribution in [0.5, 0.6) is 0 Å². The van der Waals surface area contributed by atoms with Crippen LogP contribution in [0, 0.1) is 5.92 Å². The van der Waals surface area contributed by atoms with Crippen molar-refractivity contribution >= 4 is 29.2 Å². The van der Waals surface area contributed by atoms with E-state index in [-0.39, 0.29) is 42.0 Å². The van der Waals surface area contributed by atoms with Crippen molar-refractivity contribution in [3.05, 3.63) is 50.3 Å². The molecule has 0 atom stereocenters. The fraction of sp³-hybridized carbons (Fsp3) is 0.600. The van der Waals surface area contributed by atoms with Crippen molar-refractivity contribution in [2.45, 2.75) is 65.0 Å². The molecule has 1 saturated carbocycles. The molecule has 2 aromatic heterocycles. The lowest BCUT2D eigenvalue weighted by Gasteiger charge is -2.32. The van der Waals surface area contributed by atoms with Crippen LogP contribution in [-0.4, -0.2) is 83.1 Å². The predicted octanol–water partition coefficient (Wildman–Crippen LogP) is 1.91. The number of carbonyl (C=O) groups excluding carboxylic acids is 2. The summed E-state index contributed by atoms with van der Waals surface area (Å²) in [6.45, 7) is 4.70. The van der Waals surface area contributed by atoms with E-state index in [1.165, 1.54) is 9.13 Å². The molecule has 12 heteroatoms. The van der Waals surface area contributed by atoms with Crippen molar-refractivity contribution in [1.29, 1.82) is 0 Å². The van der Waals surface area contributed by atoms with Gasteiger partial charge < -0.3 is 14.4 Å². The van der Waals surface area contributed by atoms with Crippen molar-refractivity contribution < 1.29 is 19.1 Å². The minimum absolute atomic E-state index is 0.0416. The number of hydrogen-bond acceptors (Lipinski definition) is 8. The Labute approximate surface area is 245 Å². The first-order valence-electron chi connectivity index (χ1n) is 15.0. The second-order valence-electron chi connectivity index (χ2n) is 11.1. The molecule has 0 bridgehead atoms. The average molecular weight is 581 g/mol. The molecular formula is C30H40N6O6. The molecule has 4 heterocycles. The van der Waals surface area contributed by atoms with Crippen molar-refractivity contribution in [3.8, 4) is 0 Å². The third-order valence-electron chi connectivity index (χ3n) is 8.30. The molecule has 0 spiro atoms. The van der Waals surface area contributed by atoms with E-state index < -0.39 is 0 Å². The van der Waals surface area contributed by atoms with Gasteiger partial charge in [0.1, 0.15) is 18.2 Å². The second kappa shape index (κ2) is 13.6. The molecule has 0 unspecified atom stereocenters. The zero-order valence-electron chi connectivity index (χ0n) is 24.5. The van der Waals surface area contributed by atoms with E-state index in [1.54, 1.807) is 29.2 Å². The van der Waals surface area contributed by atoms with Crippen LogP contribution in [0.4, 0.5) is 11.6 Å². The first-order valence-corrected chi connectivity index (χ1v) is 15.0. The van der Waals surface area contributed by atoms with Crippen LogP contribution < -0.4 is 16.1 Å². The summed E-state index contributed by atoms with van der Waals surface area (Å²) in [5.41, 5.74) is 1.16. The van der Waals surface area contributed by atoms with Crippen molar-refractivity contribution in [3.63, 3.8) is 0 Å². The standard InChI is InChI=1S/C30H40N6O6/c1-3-11-36-29(39)23-18-24(32-27(23)35(30(36)40)15-16-41-2)22-9-10-25(31-19-22)34(28(38)21-7-5-4-6-8-21)13-12-33-14-17-42-20-26(33)37/h9-10,19,21H,3-8,11-18,20H2,1-2H3. The molecule has 2 aliphatic heterocycles. The summed E-state index contributed by atoms with van der Waals surface area (Å²) in [5.74, 6) is 0.810. The molecule has 3 aliphatic rings. The van der Waals surface area contributed by atoms with E-state index in [4.69, 9.17) is 14.5 Å². The Morgan fingerprint density at radius 2 is 1.90 bits per heavy atom. The molecule has 2 amide bonds. The van der Waals surface area contributed by atoms with E-state index in [0.717, 1.165) is 37.7 Å². The van der Waals surface area contributed by atoms with Crippen molar-refractivity contribution in [1.82, 2.24) is 19.0 Å². The highest BCUT2D eigenvalue weighted by atomic mass is 16.5. The zero-order valence-corrected chi connectivity index (χ0v) is 24.5. The lowest BCUT2D eigenvalue weighted by atomic mass is 9.88. The largest absolute Gasteiger partial charge is 0.383 e. The van der Waals surface area contributed by atoms with Gasteiger partial charge in [0.15, 0.2) is 0 Å². The van der Waals surface area contributed by atoms with Crippen LogP contribution >= 0.6 is 0 Å². The highest BCUT2D eigenvalue weighted by molar-refractivity contribution is 6.06. The molecule has 2 aromatic rings. The number of anilines is 1. The van der Waals surface area contributed by atoms with E-state index in [0.29, 0.717) is 75.3 Å². The zero-order chi connectivity index (χ0) is 29.6. The van der Waals surface area contributed by atoms with Crippen LogP contribution in [0.1, 0.15) is 56.6 Å². The van der Waals surface area contributed by atoms with Gasteiger partial charge in [0, 0.05) is 57.4 Å². The van der Waals surface area contributed by atoms with Gasteiger partial charge in [-0.05, 0) is 31.4 Å². The summed E-state index contributed by atoms with van der Waals surface area (Å²) >= 11 is 0. The van der Waals surface area contributed by atoms with Gasteiger partial charge >= 0.3 is 5.69 Å². The van der Waals surface area contributed by atoms with Crippen LogP contribution in [0.3, 0.4) is 0 Å². The molecule has 0 aromatic carbocycles. The molecule has 0 radical (unpaired) electrons. The summed E-state index contributed by atoms with van der Waals surface area (Å²) in [6.07, 6.45) is 7.56. The lowest BCUT2D eigenvalue weighted by molar-refractivity contribution is -0.142. The first kappa shape index (κ1) is 29.8. The molecule has 1 aliphatic carbocycles. The third-order valence-corrected chi connectivity index (χ3v) is 8.30. The number of methoxy groups -OCH3 is 1. The molecule has 0 N–H and O–H groups in total. The minimum atomic E-state index is -0.383. The number of amides is 2. The number of nitrogens with zero attached hydrogens (tertiary/aromatic N) is 6. The summed E-state index contributed by atoms with van der Waals surface area (Å²) in [5, 5.41) is 0. The van der Waals surface area contributed by atoms with Gasteiger partial charge in [-0.25, -0.2) is 14.8 Å².